The fraction of sp³-hybridized carbons (Fsp3) is 0.158. The lowest BCUT2D eigenvalue weighted by Crippen LogP contribution is -2.34. The molecule has 0 atom stereocenters. The molecule has 28 heavy (non-hydrogen) atoms. The maximum Gasteiger partial charge on any atom is 0.264 e. The fourth-order valence-electron chi connectivity index (χ4n) is 2.47. The number of hydrogen-bond acceptors (Lipinski definition) is 6. The molecule has 144 valence electrons. The van der Waals surface area contributed by atoms with Gasteiger partial charge in [0.15, 0.2) is 10.9 Å². The molecule has 1 N–H and O–H groups in total. The number of carbonyl (C=O) groups is 3. The molecule has 0 radical (unpaired) electrons. The number of ketones is 1. The van der Waals surface area contributed by atoms with Gasteiger partial charge in [-0.2, -0.15) is 0 Å². The molecule has 0 saturated heterocycles. The smallest absolute Gasteiger partial charge is 0.264 e. The van der Waals surface area contributed by atoms with Gasteiger partial charge < -0.3 is 10.2 Å². The predicted molar refractivity (Wildman–Crippen MR) is 115 cm³/mol. The first-order valence-corrected chi connectivity index (χ1v) is 10.7. The molecule has 3 rings (SSSR count). The van der Waals surface area contributed by atoms with Gasteiger partial charge in [-0.3, -0.25) is 14.4 Å². The van der Waals surface area contributed by atoms with Crippen LogP contribution in [-0.2, 0) is 4.79 Å². The molecule has 3 aromatic rings. The molecule has 0 unspecified atom stereocenters. The average Bonchev–Trinajstić information content (AvgIpc) is 3.28. The molecule has 6 nitrogen and oxygen atoms in total. The highest BCUT2D eigenvalue weighted by molar-refractivity contribution is 9.11. The van der Waals surface area contributed by atoms with Crippen LogP contribution in [0.2, 0.25) is 0 Å². The Bertz CT molecular complexity index is 1030. The van der Waals surface area contributed by atoms with Crippen molar-refractivity contribution in [2.24, 2.45) is 0 Å². The van der Waals surface area contributed by atoms with Gasteiger partial charge in [-0.15, -0.1) is 11.3 Å². The summed E-state index contributed by atoms with van der Waals surface area (Å²) in [6.07, 6.45) is 0. The van der Waals surface area contributed by atoms with E-state index in [0.717, 1.165) is 20.7 Å². The minimum Gasteiger partial charge on any atom is -0.332 e. The Labute approximate surface area is 178 Å². The lowest BCUT2D eigenvalue weighted by Gasteiger charge is -2.15. The van der Waals surface area contributed by atoms with E-state index < -0.39 is 0 Å². The quantitative estimate of drug-likeness (QED) is 0.528. The van der Waals surface area contributed by atoms with E-state index in [1.54, 1.807) is 19.2 Å². The third-order valence-electron chi connectivity index (χ3n) is 3.75. The van der Waals surface area contributed by atoms with Crippen LogP contribution in [0.3, 0.4) is 0 Å². The highest BCUT2D eigenvalue weighted by atomic mass is 79.9. The number of halogens is 1. The van der Waals surface area contributed by atoms with Crippen molar-refractivity contribution in [1.82, 2.24) is 9.88 Å². The molecule has 2 amide bonds. The summed E-state index contributed by atoms with van der Waals surface area (Å²) >= 11 is 5.75. The highest BCUT2D eigenvalue weighted by Crippen LogP contribution is 2.31. The van der Waals surface area contributed by atoms with Crippen LogP contribution < -0.4 is 5.32 Å². The van der Waals surface area contributed by atoms with Crippen LogP contribution in [0.15, 0.2) is 46.3 Å². The minimum atomic E-state index is -0.380. The maximum absolute atomic E-state index is 12.4. The van der Waals surface area contributed by atoms with Crippen molar-refractivity contribution in [2.75, 3.05) is 18.9 Å². The van der Waals surface area contributed by atoms with E-state index in [9.17, 15) is 14.4 Å². The number of nitrogens with zero attached hydrogens (tertiary/aromatic N) is 2. The molecule has 0 aliphatic heterocycles. The Balaban J connectivity index is 1.72. The zero-order valence-corrected chi connectivity index (χ0v) is 18.3. The van der Waals surface area contributed by atoms with E-state index in [4.69, 9.17) is 0 Å². The summed E-state index contributed by atoms with van der Waals surface area (Å²) in [5.74, 6) is -0.734. The molecule has 0 fully saturated rings. The van der Waals surface area contributed by atoms with E-state index in [1.165, 1.54) is 23.2 Å². The third kappa shape index (κ3) is 4.73. The van der Waals surface area contributed by atoms with Gasteiger partial charge in [-0.05, 0) is 28.1 Å². The monoisotopic (exact) mass is 477 g/mol. The van der Waals surface area contributed by atoms with Crippen LogP contribution in [0.1, 0.15) is 26.3 Å². The predicted octanol–water partition coefficient (Wildman–Crippen LogP) is 4.55. The zero-order chi connectivity index (χ0) is 20.3. The summed E-state index contributed by atoms with van der Waals surface area (Å²) in [6, 6.07) is 12.8. The second-order valence-corrected chi connectivity index (χ2v) is 9.39. The Hall–Kier alpha value is -2.36. The van der Waals surface area contributed by atoms with Gasteiger partial charge in [-0.1, -0.05) is 41.7 Å². The summed E-state index contributed by atoms with van der Waals surface area (Å²) < 4.78 is 0.849. The van der Waals surface area contributed by atoms with E-state index in [0.29, 0.717) is 20.6 Å². The van der Waals surface area contributed by atoms with Crippen molar-refractivity contribution in [2.45, 2.75) is 6.92 Å². The fourth-order valence-corrected chi connectivity index (χ4v) is 4.75. The zero-order valence-electron chi connectivity index (χ0n) is 15.1. The number of anilines is 1. The Morgan fingerprint density at radius 1 is 1.11 bits per heavy atom. The van der Waals surface area contributed by atoms with Crippen LogP contribution in [0, 0.1) is 0 Å². The molecule has 0 aliphatic rings. The summed E-state index contributed by atoms with van der Waals surface area (Å²) in [4.78, 5) is 43.5. The average molecular weight is 478 g/mol. The molecule has 0 bridgehead atoms. The van der Waals surface area contributed by atoms with Crippen molar-refractivity contribution >= 4 is 61.3 Å². The molecule has 1 aromatic carbocycles. The van der Waals surface area contributed by atoms with Gasteiger partial charge in [-0.25, -0.2) is 4.98 Å². The molecule has 2 heterocycles. The number of hydrogen-bond donors (Lipinski definition) is 1. The van der Waals surface area contributed by atoms with Crippen LogP contribution in [0.25, 0.3) is 11.3 Å². The largest absolute Gasteiger partial charge is 0.332 e. The molecular weight excluding hydrogens is 462 g/mol. The van der Waals surface area contributed by atoms with Crippen molar-refractivity contribution in [3.8, 4) is 11.3 Å². The third-order valence-corrected chi connectivity index (χ3v) is 6.44. The Morgan fingerprint density at radius 2 is 1.82 bits per heavy atom. The molecule has 0 spiro atoms. The minimum absolute atomic E-state index is 0.118. The van der Waals surface area contributed by atoms with Crippen molar-refractivity contribution in [3.63, 3.8) is 0 Å². The van der Waals surface area contributed by atoms with Crippen molar-refractivity contribution in [1.29, 1.82) is 0 Å². The highest BCUT2D eigenvalue weighted by Gasteiger charge is 2.20. The number of aromatic nitrogens is 1. The first-order chi connectivity index (χ1) is 13.3. The van der Waals surface area contributed by atoms with E-state index in [1.807, 2.05) is 30.3 Å². The second kappa shape index (κ2) is 8.76. The van der Waals surface area contributed by atoms with Crippen molar-refractivity contribution < 1.29 is 14.4 Å². The second-order valence-electron chi connectivity index (χ2n) is 5.93. The molecule has 0 aliphatic carbocycles. The topological polar surface area (TPSA) is 79.4 Å². The number of thiazole rings is 1. The van der Waals surface area contributed by atoms with E-state index in [-0.39, 0.29) is 24.1 Å². The number of Topliss-reactive ketones (excluding diaryl/α,β-unsaturated/α-hetero) is 1. The molecule has 9 heteroatoms. The van der Waals surface area contributed by atoms with Crippen LogP contribution in [0.4, 0.5) is 5.13 Å². The van der Waals surface area contributed by atoms with Gasteiger partial charge in [0.2, 0.25) is 5.91 Å². The number of thiophene rings is 1. The summed E-state index contributed by atoms with van der Waals surface area (Å²) in [5.41, 5.74) is 1.35. The van der Waals surface area contributed by atoms with E-state index in [2.05, 4.69) is 26.2 Å². The normalized spacial score (nSPS) is 10.5. The van der Waals surface area contributed by atoms with Crippen LogP contribution in [-0.4, -0.2) is 41.1 Å². The lowest BCUT2D eigenvalue weighted by atomic mass is 10.1. The summed E-state index contributed by atoms with van der Waals surface area (Å²) in [6.45, 7) is 1.35. The van der Waals surface area contributed by atoms with Gasteiger partial charge in [0.1, 0.15) is 0 Å². The molecule has 2 aromatic heterocycles. The van der Waals surface area contributed by atoms with Gasteiger partial charge in [0.25, 0.3) is 5.91 Å². The number of amides is 2. The lowest BCUT2D eigenvalue weighted by molar-refractivity contribution is -0.116. The van der Waals surface area contributed by atoms with Crippen molar-refractivity contribution in [3.05, 3.63) is 56.0 Å². The number of carbonyl (C=O) groups excluding carboxylic acids is 3. The van der Waals surface area contributed by atoms with Crippen LogP contribution >= 0.6 is 38.6 Å². The SMILES string of the molecule is CC(=O)c1sc(NC(=O)CN(C)C(=O)c2ccc(Br)s2)nc1-c1ccccc1. The number of rotatable bonds is 6. The van der Waals surface area contributed by atoms with Gasteiger partial charge in [0, 0.05) is 19.5 Å². The summed E-state index contributed by atoms with van der Waals surface area (Å²) in [5, 5.41) is 3.01. The first-order valence-electron chi connectivity index (χ1n) is 8.23. The maximum atomic E-state index is 12.4. The Morgan fingerprint density at radius 3 is 2.43 bits per heavy atom. The molecular formula is C19H16BrN3O3S2. The van der Waals surface area contributed by atoms with E-state index >= 15 is 0 Å². The van der Waals surface area contributed by atoms with Gasteiger partial charge in [0.05, 0.1) is 25.8 Å². The molecule has 0 saturated carbocycles. The van der Waals surface area contributed by atoms with Crippen LogP contribution in [0.5, 0.6) is 0 Å². The Kier molecular flexibility index (Phi) is 6.38. The first kappa shape index (κ1) is 20.4. The number of nitrogens with one attached hydrogen (secondary N) is 1. The summed E-state index contributed by atoms with van der Waals surface area (Å²) in [7, 11) is 1.56. The standard InChI is InChI=1S/C19H16BrN3O3S2/c1-11(24)17-16(12-6-4-3-5-7-12)22-19(28-17)21-15(25)10-23(2)18(26)13-8-9-14(20)27-13/h3-9H,10H2,1-2H3,(H,21,22,25). The number of benzene rings is 1. The van der Waals surface area contributed by atoms with Gasteiger partial charge >= 0.3 is 0 Å². The number of likely N-dealkylation sites (N-methyl/N-ethyl adjacent to an activating group) is 1.